The summed E-state index contributed by atoms with van der Waals surface area (Å²) in [6.45, 7) is 0. The van der Waals surface area contributed by atoms with E-state index in [1.165, 1.54) is 5.54 Å². The smallest absolute Gasteiger partial charge is 0.0665 e. The van der Waals surface area contributed by atoms with E-state index in [-0.39, 0.29) is 0 Å². The van der Waals surface area contributed by atoms with E-state index in [4.69, 9.17) is 28.6 Å². The van der Waals surface area contributed by atoms with E-state index in [1.807, 2.05) is 12.2 Å². The molecule has 1 rings (SSSR count). The minimum Gasteiger partial charge on any atom is -0.300 e. The predicted octanol–water partition coefficient (Wildman–Crippen LogP) is 2.86. The van der Waals surface area contributed by atoms with Gasteiger partial charge in [0, 0.05) is 17.0 Å². The van der Waals surface area contributed by atoms with Crippen molar-refractivity contribution in [2.24, 2.45) is 0 Å². The molecule has 0 heterocycles. The molecule has 0 radical (unpaired) electrons. The van der Waals surface area contributed by atoms with Gasteiger partial charge in [0.1, 0.15) is 0 Å². The van der Waals surface area contributed by atoms with Gasteiger partial charge in [-0.1, -0.05) is 29.8 Å². The predicted molar refractivity (Wildman–Crippen MR) is 49.6 cm³/mol. The monoisotopic (exact) mass is 187 g/mol. The van der Waals surface area contributed by atoms with Crippen LogP contribution in [0.15, 0.2) is 34.9 Å². The number of alkyl halides is 1. The summed E-state index contributed by atoms with van der Waals surface area (Å²) in [5.41, 5.74) is 3.32. The fraction of sp³-hybridized carbons (Fsp3) is 0.125. The second-order valence-electron chi connectivity index (χ2n) is 2.12. The van der Waals surface area contributed by atoms with Crippen molar-refractivity contribution in [2.75, 3.05) is 5.88 Å². The molecule has 3 heteroatoms. The van der Waals surface area contributed by atoms with Crippen molar-refractivity contribution >= 4 is 28.9 Å². The molecule has 0 aromatic heterocycles. The summed E-state index contributed by atoms with van der Waals surface area (Å²) in [4.78, 5) is 0. The minimum absolute atomic E-state index is 0.359. The molecule has 0 aliphatic heterocycles. The van der Waals surface area contributed by atoms with Crippen molar-refractivity contribution < 1.29 is 0 Å². The zero-order valence-electron chi connectivity index (χ0n) is 5.77. The average Bonchev–Trinajstić information content (AvgIpc) is 2.05. The largest absolute Gasteiger partial charge is 0.300 e. The van der Waals surface area contributed by atoms with E-state index in [1.54, 1.807) is 6.08 Å². The van der Waals surface area contributed by atoms with Gasteiger partial charge in [-0.3, -0.25) is 5.41 Å². The van der Waals surface area contributed by atoms with Crippen LogP contribution < -0.4 is 0 Å². The molecular weight excluding hydrogens is 181 g/mol. The van der Waals surface area contributed by atoms with Gasteiger partial charge in [0.2, 0.25) is 0 Å². The van der Waals surface area contributed by atoms with Crippen LogP contribution in [0.3, 0.4) is 0 Å². The highest BCUT2D eigenvalue weighted by Gasteiger charge is 2.09. The molecular formula is C8H7Cl2N. The summed E-state index contributed by atoms with van der Waals surface area (Å²) in [6.07, 6.45) is 5.44. The first-order chi connectivity index (χ1) is 5.29. The molecule has 1 aliphatic rings. The lowest BCUT2D eigenvalue weighted by Crippen LogP contribution is -2.07. The zero-order valence-corrected chi connectivity index (χ0v) is 7.28. The molecule has 1 N–H and O–H groups in total. The Balaban J connectivity index is 2.95. The number of rotatable bonds is 1. The molecule has 1 nitrogen and oxygen atoms in total. The molecule has 58 valence electrons. The third kappa shape index (κ3) is 1.73. The van der Waals surface area contributed by atoms with E-state index < -0.39 is 0 Å². The van der Waals surface area contributed by atoms with Crippen LogP contribution >= 0.6 is 23.2 Å². The summed E-state index contributed by atoms with van der Waals surface area (Å²) in [7, 11) is 0. The molecule has 0 aromatic carbocycles. The first-order valence-electron chi connectivity index (χ1n) is 3.12. The maximum absolute atomic E-state index is 7.55. The van der Waals surface area contributed by atoms with Crippen molar-refractivity contribution in [2.45, 2.75) is 0 Å². The first kappa shape index (κ1) is 8.57. The summed E-state index contributed by atoms with van der Waals surface area (Å²) in [5, 5.41) is 7.55. The van der Waals surface area contributed by atoms with Crippen molar-refractivity contribution in [3.63, 3.8) is 0 Å². The van der Waals surface area contributed by atoms with Crippen molar-refractivity contribution in [3.05, 3.63) is 34.9 Å². The lowest BCUT2D eigenvalue weighted by atomic mass is 10.0. The molecule has 0 atom stereocenters. The standard InChI is InChI=1S/C8H7Cl2N/c9-4-6-2-1-3-7(5-10)8(6)11/h1-4,11H,5H2/b6-4+,11-8?. The number of allylic oxidation sites excluding steroid dienone is 5. The van der Waals surface area contributed by atoms with Crippen LogP contribution in [0, 0.1) is 5.41 Å². The molecule has 0 unspecified atom stereocenters. The maximum Gasteiger partial charge on any atom is 0.0665 e. The quantitative estimate of drug-likeness (QED) is 0.611. The van der Waals surface area contributed by atoms with Crippen LogP contribution in [0.2, 0.25) is 0 Å². The van der Waals surface area contributed by atoms with Crippen LogP contribution in [0.5, 0.6) is 0 Å². The van der Waals surface area contributed by atoms with E-state index in [0.29, 0.717) is 17.2 Å². The average molecular weight is 188 g/mol. The zero-order chi connectivity index (χ0) is 8.27. The Bertz CT molecular complexity index is 261. The summed E-state index contributed by atoms with van der Waals surface area (Å²) in [6, 6.07) is 0. The number of hydrogen-bond donors (Lipinski definition) is 1. The molecule has 0 saturated carbocycles. The molecule has 11 heavy (non-hydrogen) atoms. The highest BCUT2D eigenvalue weighted by Crippen LogP contribution is 2.15. The Hall–Kier alpha value is -0.530. The minimum atomic E-state index is 0.359. The van der Waals surface area contributed by atoms with Crippen molar-refractivity contribution in [3.8, 4) is 0 Å². The fourth-order valence-corrected chi connectivity index (χ4v) is 1.23. The molecule has 0 fully saturated rings. The van der Waals surface area contributed by atoms with E-state index in [0.717, 1.165) is 5.57 Å². The van der Waals surface area contributed by atoms with Gasteiger partial charge >= 0.3 is 0 Å². The topological polar surface area (TPSA) is 23.9 Å². The van der Waals surface area contributed by atoms with Gasteiger partial charge in [0.05, 0.1) is 5.71 Å². The van der Waals surface area contributed by atoms with Crippen LogP contribution in [-0.4, -0.2) is 11.6 Å². The van der Waals surface area contributed by atoms with E-state index >= 15 is 0 Å². The molecule has 0 bridgehead atoms. The Morgan fingerprint density at radius 2 is 2.27 bits per heavy atom. The van der Waals surface area contributed by atoms with E-state index in [9.17, 15) is 0 Å². The van der Waals surface area contributed by atoms with Crippen LogP contribution in [0.1, 0.15) is 0 Å². The first-order valence-corrected chi connectivity index (χ1v) is 4.09. The molecule has 0 amide bonds. The second-order valence-corrected chi connectivity index (χ2v) is 2.61. The maximum atomic E-state index is 7.55. The lowest BCUT2D eigenvalue weighted by Gasteiger charge is -2.09. The summed E-state index contributed by atoms with van der Waals surface area (Å²) in [5.74, 6) is 0.359. The Kier molecular flexibility index (Phi) is 2.92. The fourth-order valence-electron chi connectivity index (χ4n) is 0.822. The van der Waals surface area contributed by atoms with Gasteiger partial charge in [-0.2, -0.15) is 0 Å². The number of nitrogens with one attached hydrogen (secondary N) is 1. The highest BCUT2D eigenvalue weighted by atomic mass is 35.5. The Morgan fingerprint density at radius 3 is 2.82 bits per heavy atom. The Morgan fingerprint density at radius 1 is 1.55 bits per heavy atom. The lowest BCUT2D eigenvalue weighted by molar-refractivity contribution is 1.42. The van der Waals surface area contributed by atoms with Gasteiger partial charge in [-0.25, -0.2) is 0 Å². The van der Waals surface area contributed by atoms with Gasteiger partial charge in [0.25, 0.3) is 0 Å². The molecule has 0 spiro atoms. The van der Waals surface area contributed by atoms with Crippen molar-refractivity contribution in [1.82, 2.24) is 0 Å². The van der Waals surface area contributed by atoms with Gasteiger partial charge in [-0.05, 0) is 5.57 Å². The molecule has 0 saturated heterocycles. The third-order valence-electron chi connectivity index (χ3n) is 1.44. The summed E-state index contributed by atoms with van der Waals surface area (Å²) >= 11 is 11.1. The van der Waals surface area contributed by atoms with Gasteiger partial charge in [-0.15, -0.1) is 11.6 Å². The number of halogens is 2. The second kappa shape index (κ2) is 3.74. The van der Waals surface area contributed by atoms with Crippen LogP contribution in [-0.2, 0) is 0 Å². The van der Waals surface area contributed by atoms with Crippen molar-refractivity contribution in [1.29, 1.82) is 5.41 Å². The Labute approximate surface area is 75.5 Å². The number of hydrogen-bond acceptors (Lipinski definition) is 1. The van der Waals surface area contributed by atoms with E-state index in [2.05, 4.69) is 0 Å². The van der Waals surface area contributed by atoms with Gasteiger partial charge in [0.15, 0.2) is 0 Å². The molecule has 1 aliphatic carbocycles. The van der Waals surface area contributed by atoms with Crippen LogP contribution in [0.25, 0.3) is 0 Å². The normalized spacial score (nSPS) is 20.7. The molecule has 0 aromatic rings. The highest BCUT2D eigenvalue weighted by molar-refractivity contribution is 6.31. The third-order valence-corrected chi connectivity index (χ3v) is 1.97. The van der Waals surface area contributed by atoms with Gasteiger partial charge < -0.3 is 0 Å². The summed E-state index contributed by atoms with van der Waals surface area (Å²) < 4.78 is 0. The van der Waals surface area contributed by atoms with Crippen LogP contribution in [0.4, 0.5) is 0 Å². The SMILES string of the molecule is N=C1C(CCl)=CC=C/C1=C\Cl.